The average Bonchev–Trinajstić information content (AvgIpc) is 2.48. The van der Waals surface area contributed by atoms with E-state index in [2.05, 4.69) is 15.6 Å². The number of rotatable bonds is 4. The van der Waals surface area contributed by atoms with Gasteiger partial charge in [0.2, 0.25) is 0 Å². The van der Waals surface area contributed by atoms with Gasteiger partial charge < -0.3 is 15.7 Å². The number of aliphatic hydroxyl groups excluding tert-OH is 1. The van der Waals surface area contributed by atoms with Crippen LogP contribution < -0.4 is 10.6 Å². The van der Waals surface area contributed by atoms with Crippen LogP contribution in [-0.2, 0) is 6.61 Å². The standard InChI is InChI=1S/C14H15N3O2/c1-15-13-12(3-2-8-16-13)14(19)17-11-6-4-10(9-18)5-7-11/h2-8,18H,9H2,1H3,(H,15,16)(H,17,19). The Kier molecular flexibility index (Phi) is 4.10. The first kappa shape index (κ1) is 13.0. The van der Waals surface area contributed by atoms with Crippen LogP contribution in [0.3, 0.4) is 0 Å². The highest BCUT2D eigenvalue weighted by molar-refractivity contribution is 6.07. The lowest BCUT2D eigenvalue weighted by molar-refractivity contribution is 0.102. The zero-order valence-corrected chi connectivity index (χ0v) is 10.6. The van der Waals surface area contributed by atoms with E-state index in [1.54, 1.807) is 49.6 Å². The van der Waals surface area contributed by atoms with Gasteiger partial charge in [0.25, 0.3) is 5.91 Å². The van der Waals surface area contributed by atoms with Gasteiger partial charge in [-0.1, -0.05) is 12.1 Å². The summed E-state index contributed by atoms with van der Waals surface area (Å²) in [5.41, 5.74) is 1.96. The summed E-state index contributed by atoms with van der Waals surface area (Å²) in [7, 11) is 1.72. The fraction of sp³-hybridized carbons (Fsp3) is 0.143. The van der Waals surface area contributed by atoms with E-state index in [9.17, 15) is 4.79 Å². The molecule has 0 radical (unpaired) electrons. The number of anilines is 2. The van der Waals surface area contributed by atoms with E-state index in [4.69, 9.17) is 5.11 Å². The molecule has 98 valence electrons. The van der Waals surface area contributed by atoms with Gasteiger partial charge in [0.05, 0.1) is 12.2 Å². The van der Waals surface area contributed by atoms with Gasteiger partial charge in [-0.15, -0.1) is 0 Å². The van der Waals surface area contributed by atoms with Crippen molar-refractivity contribution in [2.45, 2.75) is 6.61 Å². The number of nitrogens with one attached hydrogen (secondary N) is 2. The Morgan fingerprint density at radius 1 is 1.26 bits per heavy atom. The molecule has 0 aliphatic rings. The maximum atomic E-state index is 12.1. The highest BCUT2D eigenvalue weighted by atomic mass is 16.3. The first-order valence-corrected chi connectivity index (χ1v) is 5.88. The molecular formula is C14H15N3O2. The van der Waals surface area contributed by atoms with Gasteiger partial charge in [0.1, 0.15) is 5.82 Å². The minimum Gasteiger partial charge on any atom is -0.392 e. The molecule has 0 bridgehead atoms. The Morgan fingerprint density at radius 3 is 2.63 bits per heavy atom. The molecule has 0 unspecified atom stereocenters. The molecule has 0 aliphatic carbocycles. The van der Waals surface area contributed by atoms with E-state index in [0.717, 1.165) is 5.56 Å². The van der Waals surface area contributed by atoms with Crippen molar-refractivity contribution in [3.05, 3.63) is 53.7 Å². The predicted molar refractivity (Wildman–Crippen MR) is 74.1 cm³/mol. The molecule has 0 spiro atoms. The maximum Gasteiger partial charge on any atom is 0.259 e. The van der Waals surface area contributed by atoms with Crippen molar-refractivity contribution in [3.63, 3.8) is 0 Å². The molecule has 1 aromatic carbocycles. The Hall–Kier alpha value is -2.40. The highest BCUT2D eigenvalue weighted by Gasteiger charge is 2.11. The minimum atomic E-state index is -0.228. The van der Waals surface area contributed by atoms with E-state index in [1.807, 2.05) is 0 Å². The van der Waals surface area contributed by atoms with Gasteiger partial charge in [0, 0.05) is 18.9 Å². The summed E-state index contributed by atoms with van der Waals surface area (Å²) in [4.78, 5) is 16.2. The van der Waals surface area contributed by atoms with Crippen LogP contribution >= 0.6 is 0 Å². The monoisotopic (exact) mass is 257 g/mol. The summed E-state index contributed by atoms with van der Waals surface area (Å²) >= 11 is 0. The third kappa shape index (κ3) is 3.08. The molecule has 1 heterocycles. The molecule has 0 saturated heterocycles. The SMILES string of the molecule is CNc1ncccc1C(=O)Nc1ccc(CO)cc1. The second-order valence-corrected chi connectivity index (χ2v) is 3.96. The number of hydrogen-bond donors (Lipinski definition) is 3. The number of aromatic nitrogens is 1. The van der Waals surface area contributed by atoms with Gasteiger partial charge in [0.15, 0.2) is 0 Å². The lowest BCUT2D eigenvalue weighted by Gasteiger charge is -2.09. The van der Waals surface area contributed by atoms with Crippen molar-refractivity contribution >= 4 is 17.4 Å². The zero-order valence-electron chi connectivity index (χ0n) is 10.6. The number of benzene rings is 1. The van der Waals surface area contributed by atoms with Crippen molar-refractivity contribution in [3.8, 4) is 0 Å². The van der Waals surface area contributed by atoms with Crippen molar-refractivity contribution in [1.82, 2.24) is 4.98 Å². The molecule has 0 fully saturated rings. The lowest BCUT2D eigenvalue weighted by Crippen LogP contribution is -2.14. The minimum absolute atomic E-state index is 0.0132. The van der Waals surface area contributed by atoms with Gasteiger partial charge in [-0.05, 0) is 29.8 Å². The molecule has 2 rings (SSSR count). The number of carbonyl (C=O) groups excluding carboxylic acids is 1. The molecule has 1 amide bonds. The van der Waals surface area contributed by atoms with Gasteiger partial charge >= 0.3 is 0 Å². The molecule has 19 heavy (non-hydrogen) atoms. The molecule has 0 saturated carbocycles. The summed E-state index contributed by atoms with van der Waals surface area (Å²) in [5, 5.41) is 14.6. The number of pyridine rings is 1. The molecular weight excluding hydrogens is 242 g/mol. The maximum absolute atomic E-state index is 12.1. The Labute approximate surface area is 111 Å². The number of aliphatic hydroxyl groups is 1. The van der Waals surface area contributed by atoms with Crippen LogP contribution in [0.5, 0.6) is 0 Å². The summed E-state index contributed by atoms with van der Waals surface area (Å²) in [5.74, 6) is 0.307. The first-order chi connectivity index (χ1) is 9.24. The third-order valence-electron chi connectivity index (χ3n) is 2.68. The Balaban J connectivity index is 2.16. The number of nitrogens with zero attached hydrogens (tertiary/aromatic N) is 1. The average molecular weight is 257 g/mol. The van der Waals surface area contributed by atoms with E-state index in [-0.39, 0.29) is 12.5 Å². The van der Waals surface area contributed by atoms with Crippen LogP contribution in [0.1, 0.15) is 15.9 Å². The van der Waals surface area contributed by atoms with Crippen molar-refractivity contribution < 1.29 is 9.90 Å². The normalized spacial score (nSPS) is 10.0. The predicted octanol–water partition coefficient (Wildman–Crippen LogP) is 1.87. The van der Waals surface area contributed by atoms with E-state index in [0.29, 0.717) is 17.1 Å². The van der Waals surface area contributed by atoms with E-state index in [1.165, 1.54) is 0 Å². The van der Waals surface area contributed by atoms with Crippen LogP contribution in [0.15, 0.2) is 42.6 Å². The Morgan fingerprint density at radius 2 is 2.00 bits per heavy atom. The first-order valence-electron chi connectivity index (χ1n) is 5.88. The topological polar surface area (TPSA) is 74.2 Å². The molecule has 2 aromatic rings. The smallest absolute Gasteiger partial charge is 0.259 e. The molecule has 5 heteroatoms. The molecule has 3 N–H and O–H groups in total. The molecule has 1 aromatic heterocycles. The number of hydrogen-bond acceptors (Lipinski definition) is 4. The van der Waals surface area contributed by atoms with Crippen LogP contribution in [-0.4, -0.2) is 23.0 Å². The molecule has 5 nitrogen and oxygen atoms in total. The molecule has 0 atom stereocenters. The fourth-order valence-electron chi connectivity index (χ4n) is 1.68. The lowest BCUT2D eigenvalue weighted by atomic mass is 10.2. The van der Waals surface area contributed by atoms with Gasteiger partial charge in [-0.3, -0.25) is 4.79 Å². The fourth-order valence-corrected chi connectivity index (χ4v) is 1.68. The third-order valence-corrected chi connectivity index (χ3v) is 2.68. The number of carbonyl (C=O) groups is 1. The number of amides is 1. The summed E-state index contributed by atoms with van der Waals surface area (Å²) in [6.45, 7) is -0.0132. The second-order valence-electron chi connectivity index (χ2n) is 3.96. The highest BCUT2D eigenvalue weighted by Crippen LogP contribution is 2.15. The van der Waals surface area contributed by atoms with Crippen molar-refractivity contribution in [2.24, 2.45) is 0 Å². The van der Waals surface area contributed by atoms with E-state index >= 15 is 0 Å². The Bertz CT molecular complexity index is 567. The summed E-state index contributed by atoms with van der Waals surface area (Å²) in [6.07, 6.45) is 1.62. The molecule has 0 aliphatic heterocycles. The summed E-state index contributed by atoms with van der Waals surface area (Å²) in [6, 6.07) is 10.4. The van der Waals surface area contributed by atoms with Crippen molar-refractivity contribution in [2.75, 3.05) is 17.7 Å². The zero-order chi connectivity index (χ0) is 13.7. The van der Waals surface area contributed by atoms with Crippen molar-refractivity contribution in [1.29, 1.82) is 0 Å². The van der Waals surface area contributed by atoms with Crippen LogP contribution in [0.25, 0.3) is 0 Å². The van der Waals surface area contributed by atoms with Crippen LogP contribution in [0.2, 0.25) is 0 Å². The van der Waals surface area contributed by atoms with Crippen LogP contribution in [0.4, 0.5) is 11.5 Å². The largest absolute Gasteiger partial charge is 0.392 e. The second kappa shape index (κ2) is 5.97. The summed E-state index contributed by atoms with van der Waals surface area (Å²) < 4.78 is 0. The van der Waals surface area contributed by atoms with Gasteiger partial charge in [-0.25, -0.2) is 4.98 Å². The van der Waals surface area contributed by atoms with Gasteiger partial charge in [-0.2, -0.15) is 0 Å². The quantitative estimate of drug-likeness (QED) is 0.781. The van der Waals surface area contributed by atoms with E-state index < -0.39 is 0 Å². The van der Waals surface area contributed by atoms with Crippen LogP contribution in [0, 0.1) is 0 Å².